The maximum Gasteiger partial charge on any atom is 0.312 e. The number of halogens is 1. The van der Waals surface area contributed by atoms with Crippen molar-refractivity contribution in [3.63, 3.8) is 0 Å². The highest BCUT2D eigenvalue weighted by Crippen LogP contribution is 2.20. The number of carbonyl (C=O) groups is 1. The topological polar surface area (TPSA) is 107 Å². The van der Waals surface area contributed by atoms with E-state index in [9.17, 15) is 14.3 Å². The zero-order chi connectivity index (χ0) is 26.2. The normalized spacial score (nSPS) is 12.2. The zero-order valence-electron chi connectivity index (χ0n) is 20.4. The summed E-state index contributed by atoms with van der Waals surface area (Å²) in [4.78, 5) is 21.5. The van der Waals surface area contributed by atoms with Crippen LogP contribution in [0.2, 0.25) is 0 Å². The third-order valence-electron chi connectivity index (χ3n) is 5.66. The van der Waals surface area contributed by atoms with Crippen LogP contribution in [0.5, 0.6) is 5.75 Å². The molecule has 0 aliphatic heterocycles. The monoisotopic (exact) mass is 503 g/mol. The molecular weight excluding hydrogens is 477 g/mol. The van der Waals surface area contributed by atoms with Crippen molar-refractivity contribution < 1.29 is 28.4 Å². The van der Waals surface area contributed by atoms with Crippen molar-refractivity contribution in [2.45, 2.75) is 33.5 Å². The van der Waals surface area contributed by atoms with Crippen LogP contribution in [0.1, 0.15) is 29.5 Å². The molecular formula is C28H26FN3O5. The van der Waals surface area contributed by atoms with Crippen molar-refractivity contribution in [3.8, 4) is 17.1 Å². The fourth-order valence-corrected chi connectivity index (χ4v) is 3.50. The Morgan fingerprint density at radius 1 is 1.00 bits per heavy atom. The molecule has 190 valence electrons. The van der Waals surface area contributed by atoms with Crippen LogP contribution in [0.15, 0.2) is 82.5 Å². The lowest BCUT2D eigenvalue weighted by Gasteiger charge is -2.13. The number of benzene rings is 3. The number of aromatic nitrogens is 2. The summed E-state index contributed by atoms with van der Waals surface area (Å²) in [7, 11) is 0. The van der Waals surface area contributed by atoms with Crippen molar-refractivity contribution in [3.05, 3.63) is 101 Å². The molecule has 0 amide bonds. The van der Waals surface area contributed by atoms with E-state index in [0.717, 1.165) is 22.3 Å². The molecule has 3 aromatic carbocycles. The minimum absolute atomic E-state index is 0.104. The molecule has 37 heavy (non-hydrogen) atoms. The Kier molecular flexibility index (Phi) is 8.25. The molecule has 0 saturated heterocycles. The van der Waals surface area contributed by atoms with Crippen LogP contribution in [0.4, 0.5) is 4.39 Å². The van der Waals surface area contributed by atoms with Gasteiger partial charge in [-0.15, -0.1) is 0 Å². The molecule has 1 atom stereocenters. The summed E-state index contributed by atoms with van der Waals surface area (Å²) in [6.45, 7) is 3.83. The predicted octanol–water partition coefficient (Wildman–Crippen LogP) is 5.60. The first-order valence-electron chi connectivity index (χ1n) is 11.6. The van der Waals surface area contributed by atoms with E-state index in [1.165, 1.54) is 12.1 Å². The van der Waals surface area contributed by atoms with Crippen LogP contribution < -0.4 is 4.74 Å². The van der Waals surface area contributed by atoms with Crippen LogP contribution in [-0.4, -0.2) is 26.9 Å². The Hall–Kier alpha value is -4.53. The molecule has 0 spiro atoms. The first kappa shape index (κ1) is 25.6. The largest absolute Gasteiger partial charge is 0.484 e. The van der Waals surface area contributed by atoms with Crippen molar-refractivity contribution in [1.29, 1.82) is 0 Å². The molecule has 1 aromatic heterocycles. The molecule has 9 heteroatoms. The maximum absolute atomic E-state index is 13.0. The minimum Gasteiger partial charge on any atom is -0.484 e. The first-order chi connectivity index (χ1) is 17.9. The number of rotatable bonds is 11. The molecule has 0 aliphatic carbocycles. The molecule has 0 radical (unpaired) electrons. The van der Waals surface area contributed by atoms with Gasteiger partial charge in [-0.2, -0.15) is 4.98 Å². The summed E-state index contributed by atoms with van der Waals surface area (Å²) in [5, 5.41) is 17.6. The van der Waals surface area contributed by atoms with E-state index in [-0.39, 0.29) is 25.5 Å². The number of hydrogen-bond acceptors (Lipinski definition) is 7. The number of aliphatic carboxylic acids is 1. The highest BCUT2D eigenvalue weighted by Gasteiger charge is 2.22. The van der Waals surface area contributed by atoms with Gasteiger partial charge in [-0.05, 0) is 55.7 Å². The summed E-state index contributed by atoms with van der Waals surface area (Å²) in [6.07, 6.45) is 0.231. The Bertz CT molecular complexity index is 1350. The SMILES string of the molecule is CC(=NOCc1ccc(F)cc1)C(Cc1ccc(OCc2nc(-c3ccc(C)cc3)no2)cc1)C(=O)O. The van der Waals surface area contributed by atoms with Gasteiger partial charge in [-0.1, -0.05) is 64.4 Å². The molecule has 0 fully saturated rings. The van der Waals surface area contributed by atoms with Gasteiger partial charge in [-0.3, -0.25) is 4.79 Å². The van der Waals surface area contributed by atoms with E-state index in [1.807, 2.05) is 31.2 Å². The van der Waals surface area contributed by atoms with E-state index >= 15 is 0 Å². The smallest absolute Gasteiger partial charge is 0.312 e. The first-order valence-corrected chi connectivity index (χ1v) is 11.6. The summed E-state index contributed by atoms with van der Waals surface area (Å²) < 4.78 is 24.0. The second-order valence-electron chi connectivity index (χ2n) is 8.54. The summed E-state index contributed by atoms with van der Waals surface area (Å²) in [5.41, 5.74) is 3.86. The van der Waals surface area contributed by atoms with Crippen LogP contribution in [0, 0.1) is 18.7 Å². The molecule has 4 rings (SSSR count). The lowest BCUT2D eigenvalue weighted by atomic mass is 9.95. The van der Waals surface area contributed by atoms with E-state index < -0.39 is 11.9 Å². The Morgan fingerprint density at radius 2 is 1.68 bits per heavy atom. The van der Waals surface area contributed by atoms with Crippen molar-refractivity contribution in [2.24, 2.45) is 11.1 Å². The average Bonchev–Trinajstić information content (AvgIpc) is 3.37. The van der Waals surface area contributed by atoms with Gasteiger partial charge in [0, 0.05) is 5.56 Å². The Balaban J connectivity index is 1.30. The number of aryl methyl sites for hydroxylation is 1. The van der Waals surface area contributed by atoms with E-state index in [4.69, 9.17) is 14.1 Å². The fourth-order valence-electron chi connectivity index (χ4n) is 3.50. The number of carboxylic acids is 1. The number of ether oxygens (including phenoxy) is 1. The minimum atomic E-state index is -1.01. The third kappa shape index (κ3) is 7.23. The van der Waals surface area contributed by atoms with Crippen molar-refractivity contribution in [2.75, 3.05) is 0 Å². The lowest BCUT2D eigenvalue weighted by Crippen LogP contribution is -2.24. The lowest BCUT2D eigenvalue weighted by molar-refractivity contribution is -0.139. The molecule has 0 bridgehead atoms. The van der Waals surface area contributed by atoms with Crippen molar-refractivity contribution >= 4 is 11.7 Å². The Morgan fingerprint density at radius 3 is 2.35 bits per heavy atom. The standard InChI is InChI=1S/C28H26FN3O5/c1-18-3-9-22(10-4-18)27-30-26(37-32-27)17-35-24-13-7-20(8-14-24)15-25(28(33)34)19(2)31-36-16-21-5-11-23(29)12-6-21/h3-14,25H,15-17H2,1-2H3,(H,33,34). The van der Waals surface area contributed by atoms with E-state index in [0.29, 0.717) is 23.2 Å². The maximum atomic E-state index is 13.0. The number of oxime groups is 1. The van der Waals surface area contributed by atoms with Crippen molar-refractivity contribution in [1.82, 2.24) is 10.1 Å². The van der Waals surface area contributed by atoms with Crippen LogP contribution in [0.25, 0.3) is 11.4 Å². The molecule has 4 aromatic rings. The van der Waals surface area contributed by atoms with E-state index in [1.54, 1.807) is 43.3 Å². The van der Waals surface area contributed by atoms with Crippen LogP contribution in [-0.2, 0) is 29.3 Å². The van der Waals surface area contributed by atoms with E-state index in [2.05, 4.69) is 15.3 Å². The zero-order valence-corrected chi connectivity index (χ0v) is 20.4. The predicted molar refractivity (Wildman–Crippen MR) is 134 cm³/mol. The third-order valence-corrected chi connectivity index (χ3v) is 5.66. The second-order valence-corrected chi connectivity index (χ2v) is 8.54. The number of hydrogen-bond donors (Lipinski definition) is 1. The highest BCUT2D eigenvalue weighted by atomic mass is 19.1. The molecule has 8 nitrogen and oxygen atoms in total. The van der Waals surface area contributed by atoms with Gasteiger partial charge in [0.25, 0.3) is 5.89 Å². The van der Waals surface area contributed by atoms with Gasteiger partial charge in [-0.25, -0.2) is 4.39 Å². The molecule has 1 unspecified atom stereocenters. The van der Waals surface area contributed by atoms with Crippen LogP contribution >= 0.6 is 0 Å². The summed E-state index contributed by atoms with van der Waals surface area (Å²) in [5.74, 6) is -0.789. The second kappa shape index (κ2) is 11.9. The quantitative estimate of drug-likeness (QED) is 0.210. The highest BCUT2D eigenvalue weighted by molar-refractivity contribution is 6.00. The number of carboxylic acid groups (broad SMARTS) is 1. The van der Waals surface area contributed by atoms with Gasteiger partial charge in [0.15, 0.2) is 6.61 Å². The Labute approximate surface area is 213 Å². The van der Waals surface area contributed by atoms with Gasteiger partial charge in [0.05, 0.1) is 5.71 Å². The van der Waals surface area contributed by atoms with Gasteiger partial charge in [0.2, 0.25) is 5.82 Å². The molecule has 0 aliphatic rings. The molecule has 1 N–H and O–H groups in total. The molecule has 1 heterocycles. The number of nitrogens with zero attached hydrogens (tertiary/aromatic N) is 3. The van der Waals surface area contributed by atoms with Crippen LogP contribution in [0.3, 0.4) is 0 Å². The molecule has 0 saturated carbocycles. The summed E-state index contributed by atoms with van der Waals surface area (Å²) in [6, 6.07) is 20.7. The summed E-state index contributed by atoms with van der Waals surface area (Å²) >= 11 is 0. The van der Waals surface area contributed by atoms with Gasteiger partial charge < -0.3 is 19.2 Å². The fraction of sp³-hybridized carbons (Fsp3) is 0.214. The van der Waals surface area contributed by atoms with Gasteiger partial charge >= 0.3 is 5.97 Å². The average molecular weight is 504 g/mol. The van der Waals surface area contributed by atoms with Gasteiger partial charge in [0.1, 0.15) is 24.1 Å².